The van der Waals surface area contributed by atoms with Crippen LogP contribution in [0.4, 0.5) is 5.13 Å². The van der Waals surface area contributed by atoms with Gasteiger partial charge in [-0.15, -0.1) is 10.2 Å². The highest BCUT2D eigenvalue weighted by Gasteiger charge is 2.17. The molecule has 0 bridgehead atoms. The Labute approximate surface area is 137 Å². The third kappa shape index (κ3) is 3.46. The minimum absolute atomic E-state index is 0.124. The standard InChI is InChI=1S/C14H12N4O3S2/c1-21-11-2-4-12(5-3-11)23(19,20)18-14-17-16-13(22-14)10-6-8-15-9-7-10/h2-9H,1H3,(H,17,18). The summed E-state index contributed by atoms with van der Waals surface area (Å²) in [5.74, 6) is 0.583. The maximum Gasteiger partial charge on any atom is 0.263 e. The third-order valence-electron chi connectivity index (χ3n) is 2.94. The van der Waals surface area contributed by atoms with E-state index in [2.05, 4.69) is 19.9 Å². The van der Waals surface area contributed by atoms with E-state index in [0.29, 0.717) is 10.8 Å². The van der Waals surface area contributed by atoms with Gasteiger partial charge < -0.3 is 4.74 Å². The first-order valence-corrected chi connectivity index (χ1v) is 8.79. The zero-order valence-corrected chi connectivity index (χ0v) is 13.6. The lowest BCUT2D eigenvalue weighted by Crippen LogP contribution is -2.12. The molecule has 1 aromatic carbocycles. The van der Waals surface area contributed by atoms with Crippen molar-refractivity contribution in [3.63, 3.8) is 0 Å². The molecule has 0 aliphatic rings. The number of anilines is 1. The van der Waals surface area contributed by atoms with E-state index < -0.39 is 10.0 Å². The molecule has 0 radical (unpaired) electrons. The molecular formula is C14H12N4O3S2. The van der Waals surface area contributed by atoms with E-state index in [1.165, 1.54) is 19.2 Å². The molecular weight excluding hydrogens is 336 g/mol. The highest BCUT2D eigenvalue weighted by atomic mass is 32.2. The first-order valence-electron chi connectivity index (χ1n) is 6.49. The molecule has 0 fully saturated rings. The number of ether oxygens (including phenoxy) is 1. The second-order valence-electron chi connectivity index (χ2n) is 4.43. The van der Waals surface area contributed by atoms with Gasteiger partial charge in [-0.1, -0.05) is 11.3 Å². The number of nitrogens with one attached hydrogen (secondary N) is 1. The second-order valence-corrected chi connectivity index (χ2v) is 7.09. The van der Waals surface area contributed by atoms with Crippen LogP contribution in [0, 0.1) is 0 Å². The fourth-order valence-electron chi connectivity index (χ4n) is 1.80. The predicted molar refractivity (Wildman–Crippen MR) is 86.9 cm³/mol. The molecule has 0 spiro atoms. The fraction of sp³-hybridized carbons (Fsp3) is 0.0714. The molecule has 9 heteroatoms. The largest absolute Gasteiger partial charge is 0.497 e. The van der Waals surface area contributed by atoms with Gasteiger partial charge in [0.05, 0.1) is 12.0 Å². The molecule has 7 nitrogen and oxygen atoms in total. The van der Waals surface area contributed by atoms with Crippen molar-refractivity contribution in [3.8, 4) is 16.3 Å². The molecule has 0 saturated heterocycles. The number of rotatable bonds is 5. The zero-order chi connectivity index (χ0) is 16.3. The summed E-state index contributed by atoms with van der Waals surface area (Å²) in [4.78, 5) is 4.05. The number of aromatic nitrogens is 3. The van der Waals surface area contributed by atoms with E-state index in [4.69, 9.17) is 4.74 Å². The van der Waals surface area contributed by atoms with Gasteiger partial charge >= 0.3 is 0 Å². The molecule has 23 heavy (non-hydrogen) atoms. The summed E-state index contributed by atoms with van der Waals surface area (Å²) < 4.78 is 32.1. The average molecular weight is 348 g/mol. The van der Waals surface area contributed by atoms with Crippen molar-refractivity contribution in [3.05, 3.63) is 48.8 Å². The van der Waals surface area contributed by atoms with Crippen LogP contribution in [0.2, 0.25) is 0 Å². The summed E-state index contributed by atoms with van der Waals surface area (Å²) in [5.41, 5.74) is 0.826. The van der Waals surface area contributed by atoms with Gasteiger partial charge in [0.25, 0.3) is 10.0 Å². The Hall–Kier alpha value is -2.52. The van der Waals surface area contributed by atoms with E-state index in [1.807, 2.05) is 0 Å². The Morgan fingerprint density at radius 2 is 1.74 bits per heavy atom. The minimum Gasteiger partial charge on any atom is -0.497 e. The molecule has 0 unspecified atom stereocenters. The lowest BCUT2D eigenvalue weighted by atomic mass is 10.3. The predicted octanol–water partition coefficient (Wildman–Crippen LogP) is 2.41. The maximum absolute atomic E-state index is 12.3. The van der Waals surface area contributed by atoms with Crippen molar-refractivity contribution in [2.45, 2.75) is 4.90 Å². The van der Waals surface area contributed by atoms with Gasteiger partial charge in [0.15, 0.2) is 0 Å². The summed E-state index contributed by atoms with van der Waals surface area (Å²) in [6.07, 6.45) is 3.27. The smallest absolute Gasteiger partial charge is 0.263 e. The average Bonchev–Trinajstić information content (AvgIpc) is 3.03. The lowest BCUT2D eigenvalue weighted by Gasteiger charge is -2.05. The van der Waals surface area contributed by atoms with Gasteiger partial charge in [0.1, 0.15) is 10.8 Å². The molecule has 3 rings (SSSR count). The number of hydrogen-bond acceptors (Lipinski definition) is 7. The van der Waals surface area contributed by atoms with Crippen LogP contribution >= 0.6 is 11.3 Å². The second kappa shape index (κ2) is 6.31. The molecule has 0 aliphatic carbocycles. The van der Waals surface area contributed by atoms with Crippen LogP contribution in [-0.4, -0.2) is 30.7 Å². The van der Waals surface area contributed by atoms with Gasteiger partial charge in [-0.2, -0.15) is 0 Å². The Morgan fingerprint density at radius 3 is 2.39 bits per heavy atom. The van der Waals surface area contributed by atoms with Gasteiger partial charge in [0.2, 0.25) is 5.13 Å². The van der Waals surface area contributed by atoms with Crippen molar-refractivity contribution in [1.82, 2.24) is 15.2 Å². The topological polar surface area (TPSA) is 94.1 Å². The molecule has 1 N–H and O–H groups in total. The number of benzene rings is 1. The van der Waals surface area contributed by atoms with Crippen LogP contribution in [0.5, 0.6) is 5.75 Å². The van der Waals surface area contributed by atoms with Crippen molar-refractivity contribution in [1.29, 1.82) is 0 Å². The van der Waals surface area contributed by atoms with Gasteiger partial charge in [0, 0.05) is 18.0 Å². The van der Waals surface area contributed by atoms with Gasteiger partial charge in [-0.3, -0.25) is 9.71 Å². The molecule has 2 heterocycles. The summed E-state index contributed by atoms with van der Waals surface area (Å²) in [6, 6.07) is 9.65. The van der Waals surface area contributed by atoms with Crippen LogP contribution in [0.15, 0.2) is 53.7 Å². The molecule has 0 amide bonds. The number of hydrogen-bond donors (Lipinski definition) is 1. The first-order chi connectivity index (χ1) is 11.1. The van der Waals surface area contributed by atoms with E-state index in [-0.39, 0.29) is 10.0 Å². The van der Waals surface area contributed by atoms with E-state index in [1.54, 1.807) is 36.7 Å². The van der Waals surface area contributed by atoms with Crippen molar-refractivity contribution < 1.29 is 13.2 Å². The summed E-state index contributed by atoms with van der Waals surface area (Å²) in [6.45, 7) is 0. The minimum atomic E-state index is -3.72. The van der Waals surface area contributed by atoms with Crippen LogP contribution in [0.3, 0.4) is 0 Å². The van der Waals surface area contributed by atoms with Crippen LogP contribution in [-0.2, 0) is 10.0 Å². The Kier molecular flexibility index (Phi) is 4.22. The quantitative estimate of drug-likeness (QED) is 0.761. The Morgan fingerprint density at radius 1 is 1.04 bits per heavy atom. The first kappa shape index (κ1) is 15.4. The summed E-state index contributed by atoms with van der Waals surface area (Å²) >= 11 is 1.15. The van der Waals surface area contributed by atoms with Gasteiger partial charge in [-0.05, 0) is 36.4 Å². The van der Waals surface area contributed by atoms with Crippen molar-refractivity contribution >= 4 is 26.5 Å². The van der Waals surface area contributed by atoms with Crippen molar-refractivity contribution in [2.24, 2.45) is 0 Å². The number of nitrogens with zero attached hydrogens (tertiary/aromatic N) is 3. The van der Waals surface area contributed by atoms with Crippen molar-refractivity contribution in [2.75, 3.05) is 11.8 Å². The number of methoxy groups -OCH3 is 1. The van der Waals surface area contributed by atoms with Gasteiger partial charge in [-0.25, -0.2) is 8.42 Å². The third-order valence-corrected chi connectivity index (χ3v) is 5.32. The maximum atomic E-state index is 12.3. The highest BCUT2D eigenvalue weighted by molar-refractivity contribution is 7.93. The molecule has 3 aromatic rings. The van der Waals surface area contributed by atoms with Crippen LogP contribution < -0.4 is 9.46 Å². The molecule has 2 aromatic heterocycles. The number of pyridine rings is 1. The SMILES string of the molecule is COc1ccc(S(=O)(=O)Nc2nnc(-c3ccncc3)s2)cc1. The van der Waals surface area contributed by atoms with Crippen LogP contribution in [0.1, 0.15) is 0 Å². The molecule has 0 aliphatic heterocycles. The zero-order valence-electron chi connectivity index (χ0n) is 12.0. The molecule has 118 valence electrons. The van der Waals surface area contributed by atoms with E-state index >= 15 is 0 Å². The number of sulfonamides is 1. The van der Waals surface area contributed by atoms with E-state index in [9.17, 15) is 8.42 Å². The lowest BCUT2D eigenvalue weighted by molar-refractivity contribution is 0.414. The highest BCUT2D eigenvalue weighted by Crippen LogP contribution is 2.27. The Bertz CT molecular complexity index is 893. The monoisotopic (exact) mass is 348 g/mol. The van der Waals surface area contributed by atoms with Crippen LogP contribution in [0.25, 0.3) is 10.6 Å². The summed E-state index contributed by atoms with van der Waals surface area (Å²) in [5, 5.41) is 8.67. The summed E-state index contributed by atoms with van der Waals surface area (Å²) in [7, 11) is -2.20. The van der Waals surface area contributed by atoms with E-state index in [0.717, 1.165) is 16.9 Å². The normalized spacial score (nSPS) is 11.2. The molecule has 0 saturated carbocycles. The molecule has 0 atom stereocenters. The fourth-order valence-corrected chi connectivity index (χ4v) is 3.78. The Balaban J connectivity index is 1.82.